The van der Waals surface area contributed by atoms with E-state index in [0.29, 0.717) is 23.2 Å². The molecular formula is C38H52N2O3SSi. The summed E-state index contributed by atoms with van der Waals surface area (Å²) in [7, 11) is -2.05. The molecule has 0 bridgehead atoms. The monoisotopic (exact) mass is 644 g/mol. The predicted molar refractivity (Wildman–Crippen MR) is 196 cm³/mol. The highest BCUT2D eigenvalue weighted by Crippen LogP contribution is 2.49. The van der Waals surface area contributed by atoms with Gasteiger partial charge in [-0.25, -0.2) is 0 Å². The average Bonchev–Trinajstić information content (AvgIpc) is 3.64. The fraction of sp³-hybridized carbons (Fsp3) is 0.474. The van der Waals surface area contributed by atoms with Gasteiger partial charge in [-0.1, -0.05) is 53.7 Å². The van der Waals surface area contributed by atoms with Crippen LogP contribution in [0, 0.1) is 0 Å². The molecule has 0 saturated carbocycles. The lowest BCUT2D eigenvalue weighted by Gasteiger charge is -2.42. The largest absolute Gasteiger partial charge is 0.543 e. The Kier molecular flexibility index (Phi) is 10.5. The SMILES string of the molecule is CC(C)Oc1cc(N)c2c(-c3ccc(OCCN4CCCC4)cc3)c(-c3ccc(O[Si](C(C)C)(C(C)C)C(C)C)cc3)sc2c1. The molecule has 5 nitrogen and oxygen atoms in total. The maximum Gasteiger partial charge on any atom is 0.258 e. The molecule has 3 aromatic carbocycles. The Balaban J connectivity index is 1.50. The number of benzene rings is 3. The van der Waals surface area contributed by atoms with Crippen LogP contribution in [0.4, 0.5) is 5.69 Å². The third kappa shape index (κ3) is 7.21. The van der Waals surface area contributed by atoms with E-state index in [2.05, 4.69) is 101 Å². The van der Waals surface area contributed by atoms with Gasteiger partial charge in [0.15, 0.2) is 0 Å². The molecule has 2 N–H and O–H groups in total. The first-order chi connectivity index (χ1) is 21.5. The minimum Gasteiger partial charge on any atom is -0.543 e. The van der Waals surface area contributed by atoms with Crippen molar-refractivity contribution in [1.82, 2.24) is 4.90 Å². The van der Waals surface area contributed by atoms with E-state index in [1.165, 1.54) is 30.8 Å². The van der Waals surface area contributed by atoms with E-state index in [9.17, 15) is 0 Å². The summed E-state index contributed by atoms with van der Waals surface area (Å²) in [5.41, 5.74) is 12.5. The van der Waals surface area contributed by atoms with Gasteiger partial charge in [0.1, 0.15) is 23.9 Å². The van der Waals surface area contributed by atoms with Crippen LogP contribution in [-0.2, 0) is 0 Å². The van der Waals surface area contributed by atoms with Crippen molar-refractivity contribution in [2.75, 3.05) is 32.0 Å². The molecule has 0 radical (unpaired) electrons. The normalized spacial score (nSPS) is 14.4. The number of rotatable bonds is 13. The van der Waals surface area contributed by atoms with E-state index in [1.54, 1.807) is 11.3 Å². The summed E-state index contributed by atoms with van der Waals surface area (Å²) in [6.45, 7) is 22.1. The highest BCUT2D eigenvalue weighted by atomic mass is 32.1. The molecular weight excluding hydrogens is 593 g/mol. The molecule has 5 rings (SSSR count). The molecule has 1 aliphatic heterocycles. The molecule has 0 unspecified atom stereocenters. The van der Waals surface area contributed by atoms with Crippen molar-refractivity contribution < 1.29 is 13.9 Å². The second-order valence-corrected chi connectivity index (χ2v) is 20.2. The maximum absolute atomic E-state index is 6.99. The molecule has 1 fully saturated rings. The molecule has 1 aliphatic rings. The Bertz CT molecular complexity index is 1530. The first-order valence-corrected chi connectivity index (χ1v) is 19.7. The standard InChI is InChI=1S/C38H52N2O3SSi/c1-25(2)42-33-23-34(39)37-35(24-33)44-38(30-13-17-32(18-14-30)43-45(26(3)4,27(5)6)28(7)8)36(37)29-11-15-31(16-12-29)41-22-21-40-19-9-10-20-40/h11-18,23-28H,9-10,19-22,39H2,1-8H3. The third-order valence-electron chi connectivity index (χ3n) is 9.30. The first-order valence-electron chi connectivity index (χ1n) is 16.8. The highest BCUT2D eigenvalue weighted by molar-refractivity contribution is 7.23. The lowest BCUT2D eigenvalue weighted by atomic mass is 9.97. The number of ether oxygens (including phenoxy) is 2. The predicted octanol–water partition coefficient (Wildman–Crippen LogP) is 10.6. The number of nitrogens with zero attached hydrogens (tertiary/aromatic N) is 1. The molecule has 1 saturated heterocycles. The fourth-order valence-corrected chi connectivity index (χ4v) is 13.8. The summed E-state index contributed by atoms with van der Waals surface area (Å²) in [6.07, 6.45) is 2.67. The number of hydrogen-bond donors (Lipinski definition) is 1. The molecule has 0 spiro atoms. The van der Waals surface area contributed by atoms with Crippen molar-refractivity contribution in [3.05, 3.63) is 60.7 Å². The minimum atomic E-state index is -2.05. The smallest absolute Gasteiger partial charge is 0.258 e. The Morgan fingerprint density at radius 1 is 0.756 bits per heavy atom. The van der Waals surface area contributed by atoms with Gasteiger partial charge in [0.05, 0.1) is 6.10 Å². The summed E-state index contributed by atoms with van der Waals surface area (Å²) in [5, 5.41) is 1.07. The molecule has 45 heavy (non-hydrogen) atoms. The van der Waals surface area contributed by atoms with Crippen molar-refractivity contribution in [3.63, 3.8) is 0 Å². The van der Waals surface area contributed by atoms with Crippen molar-refractivity contribution in [2.24, 2.45) is 0 Å². The summed E-state index contributed by atoms with van der Waals surface area (Å²) >= 11 is 1.76. The van der Waals surface area contributed by atoms with Gasteiger partial charge in [-0.15, -0.1) is 11.3 Å². The number of nitrogen functional groups attached to an aromatic ring is 1. The molecule has 0 aliphatic carbocycles. The van der Waals surface area contributed by atoms with Crippen molar-refractivity contribution in [3.8, 4) is 38.8 Å². The zero-order valence-corrected chi connectivity index (χ0v) is 30.3. The number of anilines is 1. The summed E-state index contributed by atoms with van der Waals surface area (Å²) in [5.74, 6) is 2.66. The molecule has 4 aromatic rings. The molecule has 242 valence electrons. The van der Waals surface area contributed by atoms with E-state index < -0.39 is 8.32 Å². The van der Waals surface area contributed by atoms with E-state index in [-0.39, 0.29) is 6.10 Å². The molecule has 2 heterocycles. The Labute approximate surface area is 275 Å². The molecule has 7 heteroatoms. The van der Waals surface area contributed by atoms with Crippen LogP contribution < -0.4 is 19.6 Å². The lowest BCUT2D eigenvalue weighted by Crippen LogP contribution is -2.50. The number of hydrogen-bond acceptors (Lipinski definition) is 6. The number of thiophene rings is 1. The van der Waals surface area contributed by atoms with E-state index >= 15 is 0 Å². The van der Waals surface area contributed by atoms with Crippen molar-refractivity contribution >= 4 is 35.4 Å². The number of fused-ring (bicyclic) bond motifs is 1. The number of likely N-dealkylation sites (tertiary alicyclic amines) is 1. The first kappa shape index (κ1) is 33.4. The van der Waals surface area contributed by atoms with Gasteiger partial charge in [0.2, 0.25) is 0 Å². The van der Waals surface area contributed by atoms with Crippen LogP contribution >= 0.6 is 11.3 Å². The Hall–Kier alpha value is -3.00. The van der Waals surface area contributed by atoms with Crippen LogP contribution in [-0.4, -0.2) is 45.6 Å². The van der Waals surface area contributed by atoms with Crippen LogP contribution in [0.15, 0.2) is 60.7 Å². The van der Waals surface area contributed by atoms with Crippen LogP contribution in [0.25, 0.3) is 31.7 Å². The average molecular weight is 645 g/mol. The Morgan fingerprint density at radius 2 is 1.33 bits per heavy atom. The van der Waals surface area contributed by atoms with E-state index in [1.807, 2.05) is 19.9 Å². The zero-order valence-electron chi connectivity index (χ0n) is 28.5. The minimum absolute atomic E-state index is 0.0736. The summed E-state index contributed by atoms with van der Waals surface area (Å²) in [6, 6.07) is 21.3. The second kappa shape index (κ2) is 14.2. The van der Waals surface area contributed by atoms with Gasteiger partial charge in [-0.2, -0.15) is 0 Å². The molecule has 0 amide bonds. The maximum atomic E-state index is 6.99. The van der Waals surface area contributed by atoms with Gasteiger partial charge in [-0.3, -0.25) is 4.90 Å². The van der Waals surface area contributed by atoms with Gasteiger partial charge >= 0.3 is 0 Å². The van der Waals surface area contributed by atoms with E-state index in [0.717, 1.165) is 56.3 Å². The van der Waals surface area contributed by atoms with Gasteiger partial charge in [0.25, 0.3) is 8.32 Å². The zero-order chi connectivity index (χ0) is 32.3. The van der Waals surface area contributed by atoms with Crippen LogP contribution in [0.1, 0.15) is 68.2 Å². The second-order valence-electron chi connectivity index (χ2n) is 13.7. The topological polar surface area (TPSA) is 57.0 Å². The van der Waals surface area contributed by atoms with Crippen molar-refractivity contribution in [1.29, 1.82) is 0 Å². The van der Waals surface area contributed by atoms with Gasteiger partial charge < -0.3 is 19.6 Å². The van der Waals surface area contributed by atoms with Crippen LogP contribution in [0.2, 0.25) is 16.6 Å². The van der Waals surface area contributed by atoms with Gasteiger partial charge in [-0.05, 0) is 110 Å². The van der Waals surface area contributed by atoms with Crippen LogP contribution in [0.5, 0.6) is 17.2 Å². The Morgan fingerprint density at radius 3 is 1.91 bits per heavy atom. The van der Waals surface area contributed by atoms with Crippen molar-refractivity contribution in [2.45, 2.75) is 91.0 Å². The third-order valence-corrected chi connectivity index (χ3v) is 16.5. The highest BCUT2D eigenvalue weighted by Gasteiger charge is 2.47. The molecule has 0 atom stereocenters. The summed E-state index contributed by atoms with van der Waals surface area (Å²) in [4.78, 5) is 3.67. The van der Waals surface area contributed by atoms with E-state index in [4.69, 9.17) is 19.6 Å². The van der Waals surface area contributed by atoms with Crippen LogP contribution in [0.3, 0.4) is 0 Å². The lowest BCUT2D eigenvalue weighted by molar-refractivity contribution is 0.238. The fourth-order valence-electron chi connectivity index (χ4n) is 7.30. The quantitative estimate of drug-likeness (QED) is 0.116. The van der Waals surface area contributed by atoms with Gasteiger partial charge in [0, 0.05) is 38.8 Å². The molecule has 1 aromatic heterocycles. The number of nitrogens with two attached hydrogens (primary N) is 1. The summed E-state index contributed by atoms with van der Waals surface area (Å²) < 4.78 is 20.3.